The van der Waals surface area contributed by atoms with Crippen molar-refractivity contribution in [2.45, 2.75) is 11.3 Å². The van der Waals surface area contributed by atoms with Crippen molar-refractivity contribution in [1.82, 2.24) is 15.0 Å². The molecule has 0 unspecified atom stereocenters. The smallest absolute Gasteiger partial charge is 0.264 e. The zero-order valence-electron chi connectivity index (χ0n) is 14.5. The number of hydrogen-bond acceptors (Lipinski definition) is 6. The van der Waals surface area contributed by atoms with E-state index in [9.17, 15) is 13.2 Å². The Bertz CT molecular complexity index is 1200. The summed E-state index contributed by atoms with van der Waals surface area (Å²) in [6.07, 6.45) is 4.90. The molecule has 0 atom stereocenters. The van der Waals surface area contributed by atoms with Crippen molar-refractivity contribution in [2.24, 2.45) is 0 Å². The highest BCUT2D eigenvalue weighted by molar-refractivity contribution is 7.92. The fourth-order valence-corrected chi connectivity index (χ4v) is 4.03. The van der Waals surface area contributed by atoms with Gasteiger partial charge in [-0.2, -0.15) is 5.26 Å². The number of rotatable bonds is 4. The second-order valence-electron chi connectivity index (χ2n) is 6.09. The second kappa shape index (κ2) is 6.79. The van der Waals surface area contributed by atoms with Crippen LogP contribution in [0.2, 0.25) is 0 Å². The molecule has 0 aliphatic carbocycles. The zero-order valence-corrected chi connectivity index (χ0v) is 15.3. The minimum absolute atomic E-state index is 0.0134. The van der Waals surface area contributed by atoms with Crippen LogP contribution in [0.25, 0.3) is 0 Å². The number of hydrogen-bond donors (Lipinski definition) is 2. The average molecular weight is 394 g/mol. The third kappa shape index (κ3) is 3.19. The quantitative estimate of drug-likeness (QED) is 0.692. The standard InChI is InChI=1S/C18H14N6O3S/c19-10-14-8-13(11-22-14)17(25)24-7-4-12-9-15(2-3-16(12)24)28(26,27)23-18-20-5-1-6-21-18/h1-3,5-6,8-9,11,22H,4,7H2,(H,20,21,23). The Kier molecular flexibility index (Phi) is 4.29. The molecule has 1 aliphatic rings. The number of H-pyrrole nitrogens is 1. The lowest BCUT2D eigenvalue weighted by molar-refractivity contribution is 0.0989. The Labute approximate surface area is 160 Å². The molecule has 0 radical (unpaired) electrons. The van der Waals surface area contributed by atoms with Gasteiger partial charge in [0.05, 0.1) is 10.5 Å². The first-order chi connectivity index (χ1) is 13.5. The highest BCUT2D eigenvalue weighted by atomic mass is 32.2. The molecule has 3 aromatic rings. The summed E-state index contributed by atoms with van der Waals surface area (Å²) in [6.45, 7) is 0.431. The molecule has 0 saturated carbocycles. The number of fused-ring (bicyclic) bond motifs is 1. The Hall–Kier alpha value is -3.71. The maximum absolute atomic E-state index is 12.7. The van der Waals surface area contributed by atoms with Gasteiger partial charge < -0.3 is 9.88 Å². The largest absolute Gasteiger partial charge is 0.352 e. The first-order valence-electron chi connectivity index (χ1n) is 8.31. The predicted molar refractivity (Wildman–Crippen MR) is 100 cm³/mol. The van der Waals surface area contributed by atoms with Gasteiger partial charge in [-0.25, -0.2) is 23.1 Å². The number of nitriles is 1. The minimum Gasteiger partial charge on any atom is -0.352 e. The number of aromatic amines is 1. The SMILES string of the molecule is N#Cc1cc(C(=O)N2CCc3cc(S(=O)(=O)Nc4ncccn4)ccc32)c[nH]1. The molecular weight excluding hydrogens is 380 g/mol. The van der Waals surface area contributed by atoms with Crippen molar-refractivity contribution in [2.75, 3.05) is 16.2 Å². The summed E-state index contributed by atoms with van der Waals surface area (Å²) in [6, 6.07) is 9.62. The molecule has 0 saturated heterocycles. The van der Waals surface area contributed by atoms with Crippen molar-refractivity contribution in [1.29, 1.82) is 5.26 Å². The molecule has 3 heterocycles. The lowest BCUT2D eigenvalue weighted by Crippen LogP contribution is -2.28. The molecule has 1 aromatic carbocycles. The molecule has 0 fully saturated rings. The first-order valence-corrected chi connectivity index (χ1v) is 9.79. The zero-order chi connectivity index (χ0) is 19.7. The molecule has 140 valence electrons. The van der Waals surface area contributed by atoms with Gasteiger partial charge in [0.25, 0.3) is 15.9 Å². The van der Waals surface area contributed by atoms with E-state index in [1.165, 1.54) is 30.7 Å². The summed E-state index contributed by atoms with van der Waals surface area (Å²) in [5, 5.41) is 8.89. The third-order valence-electron chi connectivity index (χ3n) is 4.34. The number of carbonyl (C=O) groups is 1. The van der Waals surface area contributed by atoms with E-state index in [4.69, 9.17) is 5.26 Å². The highest BCUT2D eigenvalue weighted by Crippen LogP contribution is 2.31. The van der Waals surface area contributed by atoms with E-state index in [-0.39, 0.29) is 16.8 Å². The van der Waals surface area contributed by atoms with Crippen LogP contribution in [0, 0.1) is 11.3 Å². The van der Waals surface area contributed by atoms with Crippen LogP contribution in [-0.2, 0) is 16.4 Å². The lowest BCUT2D eigenvalue weighted by atomic mass is 10.2. The molecule has 9 nitrogen and oxygen atoms in total. The van der Waals surface area contributed by atoms with E-state index in [0.29, 0.717) is 29.9 Å². The van der Waals surface area contributed by atoms with Gasteiger partial charge in [0, 0.05) is 30.8 Å². The lowest BCUT2D eigenvalue weighted by Gasteiger charge is -2.17. The van der Waals surface area contributed by atoms with E-state index in [0.717, 1.165) is 5.56 Å². The summed E-state index contributed by atoms with van der Waals surface area (Å²) < 4.78 is 27.5. The number of nitrogens with zero attached hydrogens (tertiary/aromatic N) is 4. The summed E-state index contributed by atoms with van der Waals surface area (Å²) in [7, 11) is -3.84. The van der Waals surface area contributed by atoms with Crippen molar-refractivity contribution in [3.05, 3.63) is 65.7 Å². The normalized spacial score (nSPS) is 13.0. The van der Waals surface area contributed by atoms with Crippen LogP contribution in [0.1, 0.15) is 21.6 Å². The molecule has 2 N–H and O–H groups in total. The summed E-state index contributed by atoms with van der Waals surface area (Å²) in [5.74, 6) is -0.261. The first kappa shape index (κ1) is 17.7. The van der Waals surface area contributed by atoms with E-state index in [2.05, 4.69) is 19.7 Å². The van der Waals surface area contributed by atoms with Crippen LogP contribution in [0.3, 0.4) is 0 Å². The van der Waals surface area contributed by atoms with Gasteiger partial charge in [0.15, 0.2) is 0 Å². The van der Waals surface area contributed by atoms with Crippen molar-refractivity contribution in [3.8, 4) is 6.07 Å². The van der Waals surface area contributed by atoms with Crippen LogP contribution >= 0.6 is 0 Å². The number of nitrogens with one attached hydrogen (secondary N) is 2. The van der Waals surface area contributed by atoms with Gasteiger partial charge in [-0.3, -0.25) is 4.79 Å². The molecule has 2 aromatic heterocycles. The Morgan fingerprint density at radius 2 is 2.04 bits per heavy atom. The summed E-state index contributed by atoms with van der Waals surface area (Å²) >= 11 is 0. The number of sulfonamides is 1. The highest BCUT2D eigenvalue weighted by Gasteiger charge is 2.28. The van der Waals surface area contributed by atoms with Crippen molar-refractivity contribution >= 4 is 27.6 Å². The fraction of sp³-hybridized carbons (Fsp3) is 0.111. The van der Waals surface area contributed by atoms with E-state index in [1.807, 2.05) is 6.07 Å². The Morgan fingerprint density at radius 3 is 2.75 bits per heavy atom. The van der Waals surface area contributed by atoms with Gasteiger partial charge in [-0.05, 0) is 42.3 Å². The topological polar surface area (TPSA) is 132 Å². The Balaban J connectivity index is 1.60. The van der Waals surface area contributed by atoms with E-state index < -0.39 is 10.0 Å². The number of aromatic nitrogens is 3. The third-order valence-corrected chi connectivity index (χ3v) is 5.67. The summed E-state index contributed by atoms with van der Waals surface area (Å²) in [4.78, 5) is 24.8. The molecule has 28 heavy (non-hydrogen) atoms. The van der Waals surface area contributed by atoms with Crippen LogP contribution in [-0.4, -0.2) is 35.8 Å². The van der Waals surface area contributed by atoms with Gasteiger partial charge in [-0.15, -0.1) is 0 Å². The number of carbonyl (C=O) groups excluding carboxylic acids is 1. The molecule has 1 amide bonds. The molecule has 0 spiro atoms. The predicted octanol–water partition coefficient (Wildman–Crippen LogP) is 1.68. The van der Waals surface area contributed by atoms with E-state index >= 15 is 0 Å². The van der Waals surface area contributed by atoms with Crippen LogP contribution in [0.15, 0.2) is 53.8 Å². The van der Waals surface area contributed by atoms with Gasteiger partial charge in [0.2, 0.25) is 5.95 Å². The van der Waals surface area contributed by atoms with Gasteiger partial charge in [-0.1, -0.05) is 0 Å². The van der Waals surface area contributed by atoms with Gasteiger partial charge >= 0.3 is 0 Å². The van der Waals surface area contributed by atoms with Crippen molar-refractivity contribution < 1.29 is 13.2 Å². The number of anilines is 2. The summed E-state index contributed by atoms with van der Waals surface area (Å²) in [5.41, 5.74) is 2.09. The minimum atomic E-state index is -3.84. The fourth-order valence-electron chi connectivity index (χ4n) is 3.03. The van der Waals surface area contributed by atoms with Crippen LogP contribution in [0.4, 0.5) is 11.6 Å². The molecule has 10 heteroatoms. The van der Waals surface area contributed by atoms with Crippen LogP contribution in [0.5, 0.6) is 0 Å². The molecule has 4 rings (SSSR count). The maximum atomic E-state index is 12.7. The molecule has 1 aliphatic heterocycles. The molecule has 0 bridgehead atoms. The van der Waals surface area contributed by atoms with Gasteiger partial charge in [0.1, 0.15) is 11.8 Å². The maximum Gasteiger partial charge on any atom is 0.264 e. The second-order valence-corrected chi connectivity index (χ2v) is 7.77. The Morgan fingerprint density at radius 1 is 1.25 bits per heavy atom. The van der Waals surface area contributed by atoms with E-state index in [1.54, 1.807) is 23.1 Å². The average Bonchev–Trinajstić information content (AvgIpc) is 3.34. The van der Waals surface area contributed by atoms with Crippen molar-refractivity contribution in [3.63, 3.8) is 0 Å². The van der Waals surface area contributed by atoms with Crippen LogP contribution < -0.4 is 9.62 Å². The number of amides is 1. The number of benzene rings is 1. The monoisotopic (exact) mass is 394 g/mol. The molecular formula is C18H14N6O3S.